The number of thioether (sulfide) groups is 2. The van der Waals surface area contributed by atoms with Crippen molar-refractivity contribution in [3.8, 4) is 0 Å². The van der Waals surface area contributed by atoms with Gasteiger partial charge in [-0.3, -0.25) is 14.5 Å². The van der Waals surface area contributed by atoms with Gasteiger partial charge in [-0.1, -0.05) is 22.8 Å². The third-order valence-corrected chi connectivity index (χ3v) is 8.63. The van der Waals surface area contributed by atoms with E-state index >= 15 is 0 Å². The largest absolute Gasteiger partial charge is 0.477 e. The lowest BCUT2D eigenvalue weighted by molar-refractivity contribution is -0.713. The van der Waals surface area contributed by atoms with E-state index in [2.05, 4.69) is 27.0 Å². The molecule has 2 aliphatic rings. The number of carboxylic acids is 1. The van der Waals surface area contributed by atoms with Crippen LogP contribution < -0.4 is 27.1 Å². The molecular formula is C22H26N9O5S3+. The fraction of sp³-hybridized carbons (Fsp3) is 0.318. The first kappa shape index (κ1) is 28.2. The van der Waals surface area contributed by atoms with E-state index in [1.54, 1.807) is 22.9 Å². The number of carbonyl (C=O) groups is 3. The third-order valence-electron chi connectivity index (χ3n) is 5.55. The van der Waals surface area contributed by atoms with Gasteiger partial charge in [0, 0.05) is 16.9 Å². The van der Waals surface area contributed by atoms with Gasteiger partial charge in [0.15, 0.2) is 10.8 Å². The summed E-state index contributed by atoms with van der Waals surface area (Å²) in [6.45, 7) is 6.02. The fourth-order valence-corrected chi connectivity index (χ4v) is 6.92. The van der Waals surface area contributed by atoms with Crippen LogP contribution in [-0.4, -0.2) is 73.0 Å². The SMILES string of the molecule is C=CC[n+]1c(N)cc(N)nc1SCC1=C(C(=O)O)N2C(=O)C(NC(=O)/C(=N\OCC)c3csc(N)n3)C2SC1. The van der Waals surface area contributed by atoms with E-state index in [0.717, 1.165) is 11.3 Å². The summed E-state index contributed by atoms with van der Waals surface area (Å²) in [7, 11) is 0. The van der Waals surface area contributed by atoms with Crippen LogP contribution in [0.15, 0.2) is 45.7 Å². The lowest BCUT2D eigenvalue weighted by Crippen LogP contribution is -2.71. The Morgan fingerprint density at radius 3 is 2.82 bits per heavy atom. The lowest BCUT2D eigenvalue weighted by Gasteiger charge is -2.49. The molecule has 4 heterocycles. The minimum atomic E-state index is -1.25. The van der Waals surface area contributed by atoms with Crippen molar-refractivity contribution < 1.29 is 28.9 Å². The van der Waals surface area contributed by atoms with Crippen LogP contribution in [0.25, 0.3) is 0 Å². The van der Waals surface area contributed by atoms with Crippen LogP contribution in [0.2, 0.25) is 0 Å². The van der Waals surface area contributed by atoms with Crippen molar-refractivity contribution in [1.82, 2.24) is 20.2 Å². The molecule has 0 radical (unpaired) electrons. The lowest BCUT2D eigenvalue weighted by atomic mass is 10.0. The number of thiazole rings is 1. The predicted molar refractivity (Wildman–Crippen MR) is 149 cm³/mol. The Bertz CT molecular complexity index is 1390. The minimum Gasteiger partial charge on any atom is -0.477 e. The zero-order valence-corrected chi connectivity index (χ0v) is 23.1. The summed E-state index contributed by atoms with van der Waals surface area (Å²) in [5.74, 6) is -1.33. The van der Waals surface area contributed by atoms with Crippen LogP contribution in [0.4, 0.5) is 16.8 Å². The second-order valence-corrected chi connectivity index (χ2v) is 11.1. The Balaban J connectivity index is 1.52. The first-order valence-electron chi connectivity index (χ1n) is 11.5. The van der Waals surface area contributed by atoms with Crippen molar-refractivity contribution in [1.29, 1.82) is 0 Å². The first-order valence-corrected chi connectivity index (χ1v) is 14.4. The van der Waals surface area contributed by atoms with Gasteiger partial charge in [0.1, 0.15) is 29.4 Å². The molecule has 2 aromatic heterocycles. The molecule has 0 aliphatic carbocycles. The number of amides is 2. The van der Waals surface area contributed by atoms with Gasteiger partial charge in [-0.15, -0.1) is 23.1 Å². The van der Waals surface area contributed by atoms with E-state index in [-0.39, 0.29) is 40.4 Å². The number of rotatable bonds is 11. The molecule has 0 spiro atoms. The Kier molecular flexibility index (Phi) is 8.61. The number of carbonyl (C=O) groups excluding carboxylic acids is 2. The summed E-state index contributed by atoms with van der Waals surface area (Å²) < 4.78 is 1.70. The Hall–Kier alpha value is -3.83. The van der Waals surface area contributed by atoms with Gasteiger partial charge in [0.25, 0.3) is 11.8 Å². The average molecular weight is 593 g/mol. The number of hydrogen-bond donors (Lipinski definition) is 5. The van der Waals surface area contributed by atoms with Crippen molar-refractivity contribution >= 4 is 75.1 Å². The van der Waals surface area contributed by atoms with Crippen molar-refractivity contribution in [3.63, 3.8) is 0 Å². The Morgan fingerprint density at radius 2 is 2.18 bits per heavy atom. The normalized spacial score (nSPS) is 18.8. The molecule has 4 rings (SSSR count). The number of aliphatic carboxylic acids is 1. The summed E-state index contributed by atoms with van der Waals surface area (Å²) >= 11 is 3.72. The summed E-state index contributed by atoms with van der Waals surface area (Å²) in [5, 5.41) is 18.1. The van der Waals surface area contributed by atoms with E-state index in [9.17, 15) is 19.5 Å². The van der Waals surface area contributed by atoms with E-state index in [1.807, 2.05) is 0 Å². The van der Waals surface area contributed by atoms with Crippen molar-refractivity contribution in [2.75, 3.05) is 35.3 Å². The molecule has 1 saturated heterocycles. The molecule has 17 heteroatoms. The smallest absolute Gasteiger partial charge is 0.352 e. The van der Waals surface area contributed by atoms with Gasteiger partial charge in [-0.25, -0.2) is 14.3 Å². The van der Waals surface area contributed by atoms with Crippen LogP contribution in [0.5, 0.6) is 0 Å². The molecule has 2 aliphatic heterocycles. The monoisotopic (exact) mass is 592 g/mol. The van der Waals surface area contributed by atoms with Crippen LogP contribution >= 0.6 is 34.9 Å². The van der Waals surface area contributed by atoms with Crippen LogP contribution in [0.3, 0.4) is 0 Å². The highest BCUT2D eigenvalue weighted by molar-refractivity contribution is 8.01. The second kappa shape index (κ2) is 11.9. The third kappa shape index (κ3) is 5.79. The van der Waals surface area contributed by atoms with E-state index in [1.165, 1.54) is 34.5 Å². The predicted octanol–water partition coefficient (Wildman–Crippen LogP) is 0.0297. The molecule has 0 saturated carbocycles. The molecule has 8 N–H and O–H groups in total. The number of allylic oxidation sites excluding steroid dienone is 1. The molecular weight excluding hydrogens is 567 g/mol. The summed E-state index contributed by atoms with van der Waals surface area (Å²) in [6, 6.07) is 0.566. The topological polar surface area (TPSA) is 216 Å². The first-order chi connectivity index (χ1) is 18.7. The summed E-state index contributed by atoms with van der Waals surface area (Å²) in [4.78, 5) is 53.0. The number of aromatic nitrogens is 3. The maximum Gasteiger partial charge on any atom is 0.352 e. The summed E-state index contributed by atoms with van der Waals surface area (Å²) in [6.07, 6.45) is 1.66. The highest BCUT2D eigenvalue weighted by Crippen LogP contribution is 2.41. The number of oxime groups is 1. The number of nitrogens with two attached hydrogens (primary N) is 3. The molecule has 2 amide bonds. The van der Waals surface area contributed by atoms with Crippen molar-refractivity contribution in [2.45, 2.75) is 30.0 Å². The molecule has 2 unspecified atom stereocenters. The number of β-lactam (4-membered cyclic amide) rings is 1. The Labute approximate surface area is 235 Å². The van der Waals surface area contributed by atoms with Crippen molar-refractivity contribution in [3.05, 3.63) is 41.1 Å². The molecule has 0 bridgehead atoms. The zero-order valence-electron chi connectivity index (χ0n) is 20.7. The highest BCUT2D eigenvalue weighted by Gasteiger charge is 2.54. The second-order valence-electron chi connectivity index (χ2n) is 8.12. The number of fused-ring (bicyclic) bond motifs is 1. The standard InChI is InChI=1S/C22H25N9O5S3/c1-3-5-30-13(24)6-12(23)27-22(30)39-8-10-7-37-19-15(18(33)31(19)16(10)20(34)35)28-17(32)14(29-36-4-2)11-9-38-21(25)26-11/h3,6,9,15,19H,1,4-5,7-8H2,2H3,(H7,23,24,25,26,28,32,34,35)/p+1/b29-14-. The fourth-order valence-electron chi connectivity index (χ4n) is 3.85. The quantitative estimate of drug-likeness (QED) is 0.0444. The van der Waals surface area contributed by atoms with Crippen LogP contribution in [-0.2, 0) is 25.8 Å². The number of anilines is 3. The Morgan fingerprint density at radius 1 is 1.41 bits per heavy atom. The molecule has 14 nitrogen and oxygen atoms in total. The van der Waals surface area contributed by atoms with Crippen molar-refractivity contribution in [2.24, 2.45) is 5.16 Å². The van der Waals surface area contributed by atoms with Gasteiger partial charge < -0.3 is 32.5 Å². The van der Waals surface area contributed by atoms with Crippen LogP contribution in [0, 0.1) is 0 Å². The summed E-state index contributed by atoms with van der Waals surface area (Å²) in [5.41, 5.74) is 18.1. The molecule has 1 fully saturated rings. The molecule has 2 aromatic rings. The van der Waals surface area contributed by atoms with Gasteiger partial charge in [-0.2, -0.15) is 0 Å². The minimum absolute atomic E-state index is 0.121. The molecule has 39 heavy (non-hydrogen) atoms. The number of hydrogen-bond acceptors (Lipinski definition) is 13. The number of carboxylic acid groups (broad SMARTS) is 1. The maximum absolute atomic E-state index is 13.1. The molecule has 206 valence electrons. The molecule has 2 atom stereocenters. The van der Waals surface area contributed by atoms with Crippen LogP contribution in [0.1, 0.15) is 12.6 Å². The van der Waals surface area contributed by atoms with Gasteiger partial charge in [-0.05, 0) is 24.3 Å². The number of nitrogens with zero attached hydrogens (tertiary/aromatic N) is 5. The van der Waals surface area contributed by atoms with E-state index in [4.69, 9.17) is 22.0 Å². The van der Waals surface area contributed by atoms with E-state index in [0.29, 0.717) is 28.8 Å². The van der Waals surface area contributed by atoms with Gasteiger partial charge >= 0.3 is 11.1 Å². The molecule has 0 aromatic carbocycles. The number of nitrogen functional groups attached to an aromatic ring is 3. The zero-order chi connectivity index (χ0) is 28.3. The van der Waals surface area contributed by atoms with E-state index < -0.39 is 29.2 Å². The maximum atomic E-state index is 13.1. The number of nitrogens with one attached hydrogen (secondary N) is 1. The average Bonchev–Trinajstić information content (AvgIpc) is 3.32. The highest BCUT2D eigenvalue weighted by atomic mass is 32.2. The van der Waals surface area contributed by atoms with Gasteiger partial charge in [0.2, 0.25) is 11.6 Å². The van der Waals surface area contributed by atoms with Gasteiger partial charge in [0.05, 0.1) is 12.6 Å².